The molecule has 0 aliphatic heterocycles. The van der Waals surface area contributed by atoms with E-state index in [4.69, 9.17) is 16.2 Å². The van der Waals surface area contributed by atoms with Crippen LogP contribution in [-0.4, -0.2) is 6.10 Å². The van der Waals surface area contributed by atoms with Crippen LogP contribution < -0.4 is 16.2 Å². The van der Waals surface area contributed by atoms with E-state index in [9.17, 15) is 0 Å². The quantitative estimate of drug-likeness (QED) is 0.753. The van der Waals surface area contributed by atoms with Crippen LogP contribution in [0.5, 0.6) is 5.75 Å². The smallest absolute Gasteiger partial charge is 0.121 e. The number of nitrogens with two attached hydrogens (primary N) is 2. The fourth-order valence-electron chi connectivity index (χ4n) is 2.30. The zero-order chi connectivity index (χ0) is 11.5. The monoisotopic (exact) mass is 220 g/mol. The van der Waals surface area contributed by atoms with E-state index in [2.05, 4.69) is 6.92 Å². The molecule has 2 unspecified atom stereocenters. The zero-order valence-electron chi connectivity index (χ0n) is 9.78. The molecule has 0 aromatic heterocycles. The molecule has 1 aromatic carbocycles. The van der Waals surface area contributed by atoms with Gasteiger partial charge in [0.25, 0.3) is 0 Å². The standard InChI is InChI=1S/C13H20N2O/c1-9-3-2-4-10(7-9)16-11-5-6-12(14)13(15)8-11/h5-6,8-10H,2-4,7,14-15H2,1H3. The topological polar surface area (TPSA) is 61.3 Å². The van der Waals surface area contributed by atoms with Crippen molar-refractivity contribution in [3.05, 3.63) is 18.2 Å². The van der Waals surface area contributed by atoms with Crippen LogP contribution in [0.4, 0.5) is 11.4 Å². The van der Waals surface area contributed by atoms with E-state index in [1.807, 2.05) is 12.1 Å². The van der Waals surface area contributed by atoms with Gasteiger partial charge in [-0.2, -0.15) is 0 Å². The van der Waals surface area contributed by atoms with Gasteiger partial charge in [0.05, 0.1) is 17.5 Å². The fraction of sp³-hybridized carbons (Fsp3) is 0.538. The molecule has 1 aromatic rings. The number of hydrogen-bond acceptors (Lipinski definition) is 3. The molecule has 4 N–H and O–H groups in total. The van der Waals surface area contributed by atoms with Crippen molar-refractivity contribution in [2.75, 3.05) is 11.5 Å². The molecule has 0 amide bonds. The third kappa shape index (κ3) is 2.60. The Balaban J connectivity index is 2.00. The first-order valence-electron chi connectivity index (χ1n) is 5.97. The van der Waals surface area contributed by atoms with Gasteiger partial charge in [0.2, 0.25) is 0 Å². The highest BCUT2D eigenvalue weighted by Gasteiger charge is 2.20. The van der Waals surface area contributed by atoms with E-state index in [-0.39, 0.29) is 0 Å². The molecule has 2 atom stereocenters. The van der Waals surface area contributed by atoms with Gasteiger partial charge < -0.3 is 16.2 Å². The first kappa shape index (κ1) is 11.1. The number of hydrogen-bond donors (Lipinski definition) is 2. The van der Waals surface area contributed by atoms with Crippen LogP contribution in [0.1, 0.15) is 32.6 Å². The summed E-state index contributed by atoms with van der Waals surface area (Å²) < 4.78 is 5.93. The molecule has 0 saturated heterocycles. The summed E-state index contributed by atoms with van der Waals surface area (Å²) in [6, 6.07) is 5.51. The van der Waals surface area contributed by atoms with Crippen LogP contribution in [0, 0.1) is 5.92 Å². The lowest BCUT2D eigenvalue weighted by molar-refractivity contribution is 0.129. The maximum atomic E-state index is 5.93. The minimum Gasteiger partial charge on any atom is -0.490 e. The van der Waals surface area contributed by atoms with Gasteiger partial charge in [-0.3, -0.25) is 0 Å². The Morgan fingerprint density at radius 1 is 1.19 bits per heavy atom. The van der Waals surface area contributed by atoms with Crippen molar-refractivity contribution in [1.29, 1.82) is 0 Å². The van der Waals surface area contributed by atoms with Crippen molar-refractivity contribution in [2.24, 2.45) is 5.92 Å². The Hall–Kier alpha value is -1.38. The van der Waals surface area contributed by atoms with Crippen molar-refractivity contribution >= 4 is 11.4 Å². The molecule has 16 heavy (non-hydrogen) atoms. The van der Waals surface area contributed by atoms with Crippen LogP contribution in [0.2, 0.25) is 0 Å². The van der Waals surface area contributed by atoms with E-state index in [1.54, 1.807) is 6.07 Å². The molecule has 0 spiro atoms. The second-order valence-corrected chi connectivity index (χ2v) is 4.80. The summed E-state index contributed by atoms with van der Waals surface area (Å²) in [4.78, 5) is 0. The summed E-state index contributed by atoms with van der Waals surface area (Å²) in [6.45, 7) is 2.28. The highest BCUT2D eigenvalue weighted by atomic mass is 16.5. The summed E-state index contributed by atoms with van der Waals surface area (Å²) in [6.07, 6.45) is 5.21. The fourth-order valence-corrected chi connectivity index (χ4v) is 2.30. The predicted octanol–water partition coefficient (Wildman–Crippen LogP) is 2.81. The Morgan fingerprint density at radius 3 is 2.69 bits per heavy atom. The maximum absolute atomic E-state index is 5.93. The summed E-state index contributed by atoms with van der Waals surface area (Å²) in [5, 5.41) is 0. The van der Waals surface area contributed by atoms with Crippen molar-refractivity contribution < 1.29 is 4.74 Å². The largest absolute Gasteiger partial charge is 0.490 e. The predicted molar refractivity (Wildman–Crippen MR) is 67.3 cm³/mol. The number of anilines is 2. The van der Waals surface area contributed by atoms with Crippen LogP contribution in [0.25, 0.3) is 0 Å². The molecule has 1 aliphatic carbocycles. The van der Waals surface area contributed by atoms with Crippen molar-refractivity contribution in [1.82, 2.24) is 0 Å². The van der Waals surface area contributed by atoms with Crippen LogP contribution in [0.3, 0.4) is 0 Å². The van der Waals surface area contributed by atoms with Gasteiger partial charge in [-0.25, -0.2) is 0 Å². The van der Waals surface area contributed by atoms with Crippen LogP contribution >= 0.6 is 0 Å². The number of nitrogen functional groups attached to an aromatic ring is 2. The molecule has 0 radical (unpaired) electrons. The molecule has 2 rings (SSSR count). The SMILES string of the molecule is CC1CCCC(Oc2ccc(N)c(N)c2)C1. The van der Waals surface area contributed by atoms with E-state index in [0.717, 1.165) is 24.5 Å². The second kappa shape index (κ2) is 4.64. The normalized spacial score (nSPS) is 25.3. The molecular weight excluding hydrogens is 200 g/mol. The molecule has 0 bridgehead atoms. The van der Waals surface area contributed by atoms with Gasteiger partial charge in [0, 0.05) is 6.07 Å². The molecule has 1 fully saturated rings. The molecule has 3 heteroatoms. The zero-order valence-corrected chi connectivity index (χ0v) is 9.78. The van der Waals surface area contributed by atoms with Gasteiger partial charge in [-0.1, -0.05) is 13.3 Å². The van der Waals surface area contributed by atoms with Gasteiger partial charge in [0.1, 0.15) is 5.75 Å². The molecular formula is C13H20N2O. The lowest BCUT2D eigenvalue weighted by atomic mass is 9.89. The molecule has 3 nitrogen and oxygen atoms in total. The van der Waals surface area contributed by atoms with Crippen LogP contribution in [0.15, 0.2) is 18.2 Å². The third-order valence-electron chi connectivity index (χ3n) is 3.25. The Kier molecular flexibility index (Phi) is 3.22. The minimum absolute atomic E-state index is 0.340. The minimum atomic E-state index is 0.340. The van der Waals surface area contributed by atoms with Gasteiger partial charge in [-0.15, -0.1) is 0 Å². The summed E-state index contributed by atoms with van der Waals surface area (Å²) in [7, 11) is 0. The summed E-state index contributed by atoms with van der Waals surface area (Å²) in [5.74, 6) is 1.61. The van der Waals surface area contributed by atoms with E-state index in [1.165, 1.54) is 12.8 Å². The average Bonchev–Trinajstić information content (AvgIpc) is 2.24. The Bertz CT molecular complexity index is 365. The summed E-state index contributed by atoms with van der Waals surface area (Å²) in [5.41, 5.74) is 12.6. The van der Waals surface area contributed by atoms with Crippen molar-refractivity contribution in [3.8, 4) is 5.75 Å². The third-order valence-corrected chi connectivity index (χ3v) is 3.25. The van der Waals surface area contributed by atoms with Crippen LogP contribution in [-0.2, 0) is 0 Å². The number of benzene rings is 1. The van der Waals surface area contributed by atoms with Crippen molar-refractivity contribution in [3.63, 3.8) is 0 Å². The highest BCUT2D eigenvalue weighted by molar-refractivity contribution is 5.65. The van der Waals surface area contributed by atoms with E-state index in [0.29, 0.717) is 17.5 Å². The van der Waals surface area contributed by atoms with Gasteiger partial charge >= 0.3 is 0 Å². The lowest BCUT2D eigenvalue weighted by Crippen LogP contribution is -2.24. The lowest BCUT2D eigenvalue weighted by Gasteiger charge is -2.27. The van der Waals surface area contributed by atoms with Gasteiger partial charge in [0.15, 0.2) is 0 Å². The first-order valence-corrected chi connectivity index (χ1v) is 5.97. The second-order valence-electron chi connectivity index (χ2n) is 4.80. The number of ether oxygens (including phenoxy) is 1. The Labute approximate surface area is 96.8 Å². The maximum Gasteiger partial charge on any atom is 0.121 e. The summed E-state index contributed by atoms with van der Waals surface area (Å²) >= 11 is 0. The van der Waals surface area contributed by atoms with Crippen molar-refractivity contribution in [2.45, 2.75) is 38.7 Å². The number of rotatable bonds is 2. The van der Waals surface area contributed by atoms with E-state index >= 15 is 0 Å². The molecule has 1 aliphatic rings. The first-order chi connectivity index (χ1) is 7.65. The van der Waals surface area contributed by atoms with E-state index < -0.39 is 0 Å². The molecule has 0 heterocycles. The Morgan fingerprint density at radius 2 is 2.00 bits per heavy atom. The molecule has 88 valence electrons. The average molecular weight is 220 g/mol. The molecule has 1 saturated carbocycles. The highest BCUT2D eigenvalue weighted by Crippen LogP contribution is 2.29. The van der Waals surface area contributed by atoms with Gasteiger partial charge in [-0.05, 0) is 37.3 Å².